The lowest BCUT2D eigenvalue weighted by Gasteiger charge is -2.54. The van der Waals surface area contributed by atoms with Crippen molar-refractivity contribution >= 4 is 12.0 Å². The minimum Gasteiger partial charge on any atom is -0.465 e. The maximum absolute atomic E-state index is 12.5. The molecule has 0 aromatic heterocycles. The van der Waals surface area contributed by atoms with E-state index in [4.69, 9.17) is 4.74 Å². The highest BCUT2D eigenvalue weighted by Crippen LogP contribution is 2.55. The first kappa shape index (κ1) is 18.1. The number of hydrogen-bond acceptors (Lipinski definition) is 3. The molecule has 1 aliphatic heterocycles. The van der Waals surface area contributed by atoms with Gasteiger partial charge in [0, 0.05) is 0 Å². The minimum atomic E-state index is -1.27. The monoisotopic (exact) mass is 353 g/mol. The van der Waals surface area contributed by atoms with Crippen LogP contribution in [0.15, 0.2) is 60.7 Å². The highest BCUT2D eigenvalue weighted by atomic mass is 16.5. The third-order valence-electron chi connectivity index (χ3n) is 4.97. The Morgan fingerprint density at radius 3 is 2.12 bits per heavy atom. The van der Waals surface area contributed by atoms with Crippen LogP contribution in [0.2, 0.25) is 0 Å². The Morgan fingerprint density at radius 2 is 1.62 bits per heavy atom. The normalized spacial score (nSPS) is 23.7. The van der Waals surface area contributed by atoms with Gasteiger partial charge >= 0.3 is 6.09 Å². The fraction of sp³-hybridized carbons (Fsp3) is 0.333. The van der Waals surface area contributed by atoms with Gasteiger partial charge in [-0.25, -0.2) is 9.69 Å². The van der Waals surface area contributed by atoms with Gasteiger partial charge in [-0.1, -0.05) is 81.4 Å². The van der Waals surface area contributed by atoms with E-state index in [1.165, 1.54) is 0 Å². The number of imide groups is 1. The van der Waals surface area contributed by atoms with Crippen LogP contribution in [-0.2, 0) is 15.1 Å². The molecule has 0 radical (unpaired) electrons. The summed E-state index contributed by atoms with van der Waals surface area (Å²) in [6.45, 7) is 5.74. The van der Waals surface area contributed by atoms with Crippen LogP contribution in [0.25, 0.3) is 0 Å². The first-order valence-electron chi connectivity index (χ1n) is 8.58. The molecule has 1 aliphatic rings. The minimum absolute atomic E-state index is 0.276. The second kappa shape index (κ2) is 6.57. The van der Waals surface area contributed by atoms with E-state index in [0.29, 0.717) is 0 Å². The molecule has 2 aromatic rings. The molecular formula is C21H23NO4. The van der Waals surface area contributed by atoms with Crippen LogP contribution >= 0.6 is 0 Å². The zero-order valence-corrected chi connectivity index (χ0v) is 15.2. The number of rotatable bonds is 2. The third-order valence-corrected chi connectivity index (χ3v) is 4.97. The van der Waals surface area contributed by atoms with Crippen molar-refractivity contribution in [3.63, 3.8) is 0 Å². The quantitative estimate of drug-likeness (QED) is 0.878. The molecule has 0 bridgehead atoms. The summed E-state index contributed by atoms with van der Waals surface area (Å²) in [5, 5.41) is 9.83. The van der Waals surface area contributed by atoms with E-state index in [1.54, 1.807) is 0 Å². The van der Waals surface area contributed by atoms with Gasteiger partial charge in [-0.05, 0) is 16.5 Å². The molecule has 0 aliphatic carbocycles. The van der Waals surface area contributed by atoms with Crippen molar-refractivity contribution in [1.82, 2.24) is 4.90 Å². The molecule has 0 spiro atoms. The molecule has 1 N–H and O–H groups in total. The van der Waals surface area contributed by atoms with Crippen LogP contribution in [0.1, 0.15) is 37.9 Å². The predicted octanol–water partition coefficient (Wildman–Crippen LogP) is 4.21. The topological polar surface area (TPSA) is 66.8 Å². The standard InChI is InChI=1S/C21H23NO4/c1-20(2,3)21(16-12-8-5-9-13-16)18(15-10-6-4-7-11-15)22(19(24)25)17(23)14-26-21/h4-13,18H,14H2,1-3H3,(H,24,25)/t18-,21+/m1/s1. The molecule has 3 rings (SSSR count). The average Bonchev–Trinajstić information content (AvgIpc) is 2.61. The summed E-state index contributed by atoms with van der Waals surface area (Å²) in [6.07, 6.45) is -1.27. The number of carbonyl (C=O) groups is 2. The molecule has 1 saturated heterocycles. The van der Waals surface area contributed by atoms with Gasteiger partial charge in [-0.3, -0.25) is 4.79 Å². The van der Waals surface area contributed by atoms with Gasteiger partial charge in [0.2, 0.25) is 0 Å². The van der Waals surface area contributed by atoms with Gasteiger partial charge in [0.15, 0.2) is 0 Å². The van der Waals surface area contributed by atoms with Crippen molar-refractivity contribution in [2.24, 2.45) is 5.41 Å². The lowest BCUT2D eigenvalue weighted by Crippen LogP contribution is -2.61. The zero-order valence-electron chi connectivity index (χ0n) is 15.2. The van der Waals surface area contributed by atoms with Gasteiger partial charge in [-0.2, -0.15) is 0 Å². The van der Waals surface area contributed by atoms with Crippen molar-refractivity contribution in [2.75, 3.05) is 6.61 Å². The van der Waals surface area contributed by atoms with Gasteiger partial charge in [0.05, 0.1) is 0 Å². The number of morpholine rings is 1. The lowest BCUT2D eigenvalue weighted by molar-refractivity contribution is -0.207. The number of amides is 2. The Balaban J connectivity index is 2.33. The third kappa shape index (κ3) is 2.78. The molecular weight excluding hydrogens is 330 g/mol. The second-order valence-corrected chi connectivity index (χ2v) is 7.50. The summed E-state index contributed by atoms with van der Waals surface area (Å²) in [6, 6.07) is 18.0. The van der Waals surface area contributed by atoms with Gasteiger partial charge < -0.3 is 9.84 Å². The Kier molecular flexibility index (Phi) is 4.59. The summed E-state index contributed by atoms with van der Waals surface area (Å²) in [7, 11) is 0. The molecule has 5 heteroatoms. The van der Waals surface area contributed by atoms with Gasteiger partial charge in [0.25, 0.3) is 5.91 Å². The molecule has 1 heterocycles. The Hall–Kier alpha value is -2.66. The van der Waals surface area contributed by atoms with Gasteiger partial charge in [-0.15, -0.1) is 0 Å². The fourth-order valence-corrected chi connectivity index (χ4v) is 3.87. The van der Waals surface area contributed by atoms with Crippen LogP contribution in [0.5, 0.6) is 0 Å². The average molecular weight is 353 g/mol. The number of ether oxygens (including phenoxy) is 1. The number of nitrogens with zero attached hydrogens (tertiary/aromatic N) is 1. The maximum atomic E-state index is 12.5. The molecule has 2 aromatic carbocycles. The van der Waals surface area contributed by atoms with Crippen molar-refractivity contribution in [3.8, 4) is 0 Å². The number of carboxylic acid groups (broad SMARTS) is 1. The number of hydrogen-bond donors (Lipinski definition) is 1. The van der Waals surface area contributed by atoms with E-state index in [1.807, 2.05) is 81.4 Å². The highest BCUT2D eigenvalue weighted by molar-refractivity contribution is 5.93. The summed E-state index contributed by atoms with van der Waals surface area (Å²) in [5.41, 5.74) is 0.0763. The van der Waals surface area contributed by atoms with E-state index >= 15 is 0 Å². The van der Waals surface area contributed by atoms with Crippen LogP contribution in [0.3, 0.4) is 0 Å². The Morgan fingerprint density at radius 1 is 1.08 bits per heavy atom. The molecule has 5 nitrogen and oxygen atoms in total. The van der Waals surface area contributed by atoms with Crippen molar-refractivity contribution < 1.29 is 19.4 Å². The molecule has 2 atom stereocenters. The van der Waals surface area contributed by atoms with E-state index in [9.17, 15) is 14.7 Å². The summed E-state index contributed by atoms with van der Waals surface area (Å²) in [4.78, 5) is 25.5. The van der Waals surface area contributed by atoms with Crippen molar-refractivity contribution in [1.29, 1.82) is 0 Å². The van der Waals surface area contributed by atoms with E-state index in [0.717, 1.165) is 16.0 Å². The second-order valence-electron chi connectivity index (χ2n) is 7.50. The maximum Gasteiger partial charge on any atom is 0.414 e. The molecule has 26 heavy (non-hydrogen) atoms. The summed E-state index contributed by atoms with van der Waals surface area (Å²) >= 11 is 0. The Bertz CT molecular complexity index is 798. The smallest absolute Gasteiger partial charge is 0.414 e. The molecule has 1 fully saturated rings. The van der Waals surface area contributed by atoms with Crippen LogP contribution < -0.4 is 0 Å². The van der Waals surface area contributed by atoms with Crippen LogP contribution in [-0.4, -0.2) is 28.6 Å². The summed E-state index contributed by atoms with van der Waals surface area (Å²) < 4.78 is 6.22. The SMILES string of the molecule is CC(C)(C)[C@@]1(c2ccccc2)OCC(=O)N(C(=O)O)[C@@H]1c1ccccc1. The summed E-state index contributed by atoms with van der Waals surface area (Å²) in [5.74, 6) is -0.554. The lowest BCUT2D eigenvalue weighted by atomic mass is 9.65. The fourth-order valence-electron chi connectivity index (χ4n) is 3.87. The van der Waals surface area contributed by atoms with Crippen LogP contribution in [0, 0.1) is 5.41 Å². The van der Waals surface area contributed by atoms with Crippen LogP contribution in [0.4, 0.5) is 4.79 Å². The first-order valence-corrected chi connectivity index (χ1v) is 8.58. The molecule has 136 valence electrons. The molecule has 2 amide bonds. The molecule has 0 unspecified atom stereocenters. The number of carbonyl (C=O) groups excluding carboxylic acids is 1. The largest absolute Gasteiger partial charge is 0.465 e. The van der Waals surface area contributed by atoms with E-state index in [-0.39, 0.29) is 6.61 Å². The number of benzene rings is 2. The molecule has 0 saturated carbocycles. The Labute approximate surface area is 153 Å². The highest BCUT2D eigenvalue weighted by Gasteiger charge is 2.58. The van der Waals surface area contributed by atoms with E-state index in [2.05, 4.69) is 0 Å². The van der Waals surface area contributed by atoms with Crippen molar-refractivity contribution in [3.05, 3.63) is 71.8 Å². The van der Waals surface area contributed by atoms with Gasteiger partial charge in [0.1, 0.15) is 18.2 Å². The zero-order chi connectivity index (χ0) is 18.9. The van der Waals surface area contributed by atoms with Crippen molar-refractivity contribution in [2.45, 2.75) is 32.4 Å². The predicted molar refractivity (Wildman–Crippen MR) is 97.6 cm³/mol. The first-order chi connectivity index (χ1) is 12.3. The van der Waals surface area contributed by atoms with E-state index < -0.39 is 29.1 Å².